The minimum Gasteiger partial charge on any atom is -0.496 e. The van der Waals surface area contributed by atoms with E-state index in [9.17, 15) is 14.7 Å². The second-order valence-corrected chi connectivity index (χ2v) is 7.90. The molecule has 0 unspecified atom stereocenters. The molecule has 1 aliphatic heterocycles. The Labute approximate surface area is 185 Å². The molecule has 2 N–H and O–H groups in total. The smallest absolute Gasteiger partial charge is 0.411 e. The Morgan fingerprint density at radius 3 is 2.87 bits per heavy atom. The molecular weight excluding hydrogens is 416 g/mol. The zero-order chi connectivity index (χ0) is 22.4. The monoisotopic (exact) mass is 442 g/mol. The number of amides is 2. The molecule has 0 fully saturated rings. The van der Waals surface area contributed by atoms with Gasteiger partial charge in [-0.3, -0.25) is 10.1 Å². The number of thiophene rings is 1. The van der Waals surface area contributed by atoms with Crippen molar-refractivity contribution in [1.82, 2.24) is 4.90 Å². The summed E-state index contributed by atoms with van der Waals surface area (Å²) in [5, 5.41) is 16.7. The minimum absolute atomic E-state index is 0.0547. The summed E-state index contributed by atoms with van der Waals surface area (Å²) >= 11 is 1.61. The van der Waals surface area contributed by atoms with Gasteiger partial charge in [0.15, 0.2) is 0 Å². The van der Waals surface area contributed by atoms with Crippen LogP contribution in [-0.4, -0.2) is 54.9 Å². The minimum atomic E-state index is -0.685. The van der Waals surface area contributed by atoms with E-state index in [0.717, 1.165) is 16.7 Å². The number of aliphatic hydroxyl groups is 1. The molecular formula is C23H26N2O5S. The van der Waals surface area contributed by atoms with Crippen LogP contribution in [0.15, 0.2) is 47.7 Å². The molecule has 0 aliphatic carbocycles. The third-order valence-corrected chi connectivity index (χ3v) is 5.81. The van der Waals surface area contributed by atoms with E-state index in [-0.39, 0.29) is 30.7 Å². The molecule has 1 aliphatic rings. The van der Waals surface area contributed by atoms with E-state index in [1.807, 2.05) is 24.4 Å². The van der Waals surface area contributed by atoms with Crippen molar-refractivity contribution in [2.24, 2.45) is 0 Å². The lowest BCUT2D eigenvalue weighted by Gasteiger charge is -2.34. The fourth-order valence-electron chi connectivity index (χ4n) is 3.52. The summed E-state index contributed by atoms with van der Waals surface area (Å²) < 4.78 is 10.4. The molecule has 2 amide bonds. The molecule has 3 rings (SSSR count). The van der Waals surface area contributed by atoms with Gasteiger partial charge in [0.25, 0.3) is 5.91 Å². The Morgan fingerprint density at radius 2 is 2.23 bits per heavy atom. The first-order valence-corrected chi connectivity index (χ1v) is 10.8. The van der Waals surface area contributed by atoms with Crippen molar-refractivity contribution in [2.45, 2.75) is 19.4 Å². The standard InChI is InChI=1S/C23H26N2O5S/c1-4-8-30-23(28)24-20-10-15(2)21(29-3)12-19(20)22(27)25-7-5-16(11-18(25)13-26)17-6-9-31-14-17/h4-6,9-10,12,14,18,26H,1,7-8,11,13H2,2-3H3,(H,24,28)/t18-/m0/s1. The predicted octanol–water partition coefficient (Wildman–Crippen LogP) is 4.09. The van der Waals surface area contributed by atoms with Crippen molar-refractivity contribution < 1.29 is 24.2 Å². The molecule has 0 radical (unpaired) electrons. The van der Waals surface area contributed by atoms with Gasteiger partial charge in [0, 0.05) is 6.54 Å². The van der Waals surface area contributed by atoms with Crippen LogP contribution in [0.25, 0.3) is 5.57 Å². The van der Waals surface area contributed by atoms with Crippen LogP contribution in [0, 0.1) is 6.92 Å². The summed E-state index contributed by atoms with van der Waals surface area (Å²) in [6.07, 6.45) is 3.33. The highest BCUT2D eigenvalue weighted by molar-refractivity contribution is 7.08. The van der Waals surface area contributed by atoms with Gasteiger partial charge in [-0.2, -0.15) is 11.3 Å². The van der Waals surface area contributed by atoms with Gasteiger partial charge < -0.3 is 19.5 Å². The molecule has 2 aromatic rings. The molecule has 1 aromatic heterocycles. The average molecular weight is 443 g/mol. The van der Waals surface area contributed by atoms with Crippen LogP contribution in [0.4, 0.5) is 10.5 Å². The van der Waals surface area contributed by atoms with Crippen LogP contribution in [0.2, 0.25) is 0 Å². The first-order valence-electron chi connectivity index (χ1n) is 9.85. The second kappa shape index (κ2) is 10.3. The third-order valence-electron chi connectivity index (χ3n) is 5.13. The van der Waals surface area contributed by atoms with E-state index in [1.165, 1.54) is 13.2 Å². The molecule has 31 heavy (non-hydrogen) atoms. The lowest BCUT2D eigenvalue weighted by molar-refractivity contribution is 0.0619. The normalized spacial score (nSPS) is 15.8. The zero-order valence-electron chi connectivity index (χ0n) is 17.6. The number of anilines is 1. The average Bonchev–Trinajstić information content (AvgIpc) is 3.32. The molecule has 164 valence electrons. The SMILES string of the molecule is C=CCOC(=O)Nc1cc(C)c(OC)cc1C(=O)N1CC=C(c2ccsc2)C[C@H]1CO. The number of benzene rings is 1. The van der Waals surface area contributed by atoms with Crippen molar-refractivity contribution in [3.63, 3.8) is 0 Å². The Kier molecular flexibility index (Phi) is 7.49. The summed E-state index contributed by atoms with van der Waals surface area (Å²) in [6, 6.07) is 4.93. The number of rotatable bonds is 7. The van der Waals surface area contributed by atoms with E-state index < -0.39 is 6.09 Å². The highest BCUT2D eigenvalue weighted by atomic mass is 32.1. The highest BCUT2D eigenvalue weighted by Gasteiger charge is 2.30. The largest absolute Gasteiger partial charge is 0.496 e. The first-order chi connectivity index (χ1) is 15.0. The maximum Gasteiger partial charge on any atom is 0.411 e. The first kappa shape index (κ1) is 22.6. The quantitative estimate of drug-likeness (QED) is 0.631. The number of ether oxygens (including phenoxy) is 2. The van der Waals surface area contributed by atoms with Crippen molar-refractivity contribution in [3.05, 3.63) is 64.4 Å². The Hall–Kier alpha value is -3.10. The summed E-state index contributed by atoms with van der Waals surface area (Å²) in [5.41, 5.74) is 3.57. The number of carbonyl (C=O) groups is 2. The summed E-state index contributed by atoms with van der Waals surface area (Å²) in [4.78, 5) is 27.2. The van der Waals surface area contributed by atoms with E-state index in [1.54, 1.807) is 28.4 Å². The molecule has 1 aromatic carbocycles. The van der Waals surface area contributed by atoms with Gasteiger partial charge in [-0.25, -0.2) is 4.79 Å². The number of hydrogen-bond acceptors (Lipinski definition) is 6. The molecule has 8 heteroatoms. The van der Waals surface area contributed by atoms with Crippen molar-refractivity contribution in [2.75, 3.05) is 32.2 Å². The van der Waals surface area contributed by atoms with Gasteiger partial charge in [0.2, 0.25) is 0 Å². The molecule has 0 bridgehead atoms. The fraction of sp³-hybridized carbons (Fsp3) is 0.304. The zero-order valence-corrected chi connectivity index (χ0v) is 18.4. The number of nitrogens with zero attached hydrogens (tertiary/aromatic N) is 1. The van der Waals surface area contributed by atoms with Crippen LogP contribution < -0.4 is 10.1 Å². The van der Waals surface area contributed by atoms with Gasteiger partial charge >= 0.3 is 6.09 Å². The number of hydrogen-bond donors (Lipinski definition) is 2. The van der Waals surface area contributed by atoms with Crippen molar-refractivity contribution in [1.29, 1.82) is 0 Å². The number of aryl methyl sites for hydroxylation is 1. The van der Waals surface area contributed by atoms with Crippen LogP contribution in [0.5, 0.6) is 5.75 Å². The Bertz CT molecular complexity index is 984. The molecule has 0 saturated carbocycles. The van der Waals surface area contributed by atoms with E-state index in [4.69, 9.17) is 9.47 Å². The van der Waals surface area contributed by atoms with E-state index >= 15 is 0 Å². The Morgan fingerprint density at radius 1 is 1.42 bits per heavy atom. The van der Waals surface area contributed by atoms with Gasteiger partial charge in [0.05, 0.1) is 31.0 Å². The van der Waals surface area contributed by atoms with E-state index in [2.05, 4.69) is 17.3 Å². The molecule has 1 atom stereocenters. The maximum atomic E-state index is 13.5. The summed E-state index contributed by atoms with van der Waals surface area (Å²) in [5.74, 6) is 0.220. The van der Waals surface area contributed by atoms with E-state index in [0.29, 0.717) is 24.4 Å². The highest BCUT2D eigenvalue weighted by Crippen LogP contribution is 2.32. The number of aliphatic hydroxyl groups excluding tert-OH is 1. The molecule has 0 saturated heterocycles. The predicted molar refractivity (Wildman–Crippen MR) is 122 cm³/mol. The summed E-state index contributed by atoms with van der Waals surface area (Å²) in [7, 11) is 1.52. The van der Waals surface area contributed by atoms with Crippen LogP contribution in [-0.2, 0) is 4.74 Å². The van der Waals surface area contributed by atoms with Crippen LogP contribution >= 0.6 is 11.3 Å². The second-order valence-electron chi connectivity index (χ2n) is 7.12. The number of nitrogens with one attached hydrogen (secondary N) is 1. The van der Waals surface area contributed by atoms with Crippen LogP contribution in [0.3, 0.4) is 0 Å². The molecule has 7 nitrogen and oxygen atoms in total. The lowest BCUT2D eigenvalue weighted by Crippen LogP contribution is -2.45. The fourth-order valence-corrected chi connectivity index (χ4v) is 4.20. The lowest BCUT2D eigenvalue weighted by atomic mass is 9.95. The maximum absolute atomic E-state index is 13.5. The van der Waals surface area contributed by atoms with Gasteiger partial charge in [-0.05, 0) is 59.0 Å². The van der Waals surface area contributed by atoms with Crippen molar-refractivity contribution >= 4 is 34.6 Å². The van der Waals surface area contributed by atoms with Gasteiger partial charge in [-0.15, -0.1) is 0 Å². The van der Waals surface area contributed by atoms with Gasteiger partial charge in [0.1, 0.15) is 12.4 Å². The number of methoxy groups -OCH3 is 1. The van der Waals surface area contributed by atoms with Gasteiger partial charge in [-0.1, -0.05) is 18.7 Å². The molecule has 2 heterocycles. The Balaban J connectivity index is 1.91. The number of carbonyl (C=O) groups excluding carboxylic acids is 2. The molecule has 0 spiro atoms. The van der Waals surface area contributed by atoms with Crippen molar-refractivity contribution in [3.8, 4) is 5.75 Å². The topological polar surface area (TPSA) is 88.1 Å². The van der Waals surface area contributed by atoms with Crippen LogP contribution in [0.1, 0.15) is 27.9 Å². The third kappa shape index (κ3) is 5.15. The summed E-state index contributed by atoms with van der Waals surface area (Å²) in [6.45, 7) is 5.58.